The number of aryl methyl sites for hydroxylation is 1. The summed E-state index contributed by atoms with van der Waals surface area (Å²) in [6.45, 7) is 2.02. The molecule has 0 aliphatic carbocycles. The van der Waals surface area contributed by atoms with Crippen LogP contribution in [0.5, 0.6) is 0 Å². The van der Waals surface area contributed by atoms with Crippen LogP contribution in [-0.4, -0.2) is 22.0 Å². The summed E-state index contributed by atoms with van der Waals surface area (Å²) in [6.07, 6.45) is 1.31. The van der Waals surface area contributed by atoms with Crippen molar-refractivity contribution in [2.45, 2.75) is 6.92 Å². The molecule has 0 atom stereocenters. The molecular weight excluding hydrogens is 364 g/mol. The first-order valence-corrected chi connectivity index (χ1v) is 9.12. The van der Waals surface area contributed by atoms with Gasteiger partial charge in [-0.25, -0.2) is 4.79 Å². The van der Waals surface area contributed by atoms with E-state index in [0.717, 1.165) is 16.7 Å². The summed E-state index contributed by atoms with van der Waals surface area (Å²) in [5.41, 5.74) is 4.89. The Labute approximate surface area is 167 Å². The minimum atomic E-state index is -1.02. The molecule has 0 fully saturated rings. The van der Waals surface area contributed by atoms with Crippen LogP contribution in [0, 0.1) is 6.92 Å². The summed E-state index contributed by atoms with van der Waals surface area (Å²) in [6, 6.07) is 22.3. The van der Waals surface area contributed by atoms with E-state index in [4.69, 9.17) is 5.11 Å². The molecule has 0 spiro atoms. The average Bonchev–Trinajstić information content (AvgIpc) is 2.74. The van der Waals surface area contributed by atoms with Crippen molar-refractivity contribution in [2.75, 3.05) is 5.32 Å². The molecule has 0 saturated carbocycles. The van der Waals surface area contributed by atoms with Gasteiger partial charge in [0.05, 0.1) is 11.1 Å². The summed E-state index contributed by atoms with van der Waals surface area (Å²) < 4.78 is 0. The molecular formula is C24H18N2O3. The molecule has 4 aromatic rings. The third-order valence-electron chi connectivity index (χ3n) is 4.72. The Balaban J connectivity index is 1.64. The number of nitrogens with one attached hydrogen (secondary N) is 1. The van der Waals surface area contributed by atoms with Crippen LogP contribution < -0.4 is 5.32 Å². The second-order valence-corrected chi connectivity index (χ2v) is 6.80. The monoisotopic (exact) mass is 382 g/mol. The second-order valence-electron chi connectivity index (χ2n) is 6.80. The van der Waals surface area contributed by atoms with Crippen LogP contribution in [0.1, 0.15) is 26.3 Å². The Morgan fingerprint density at radius 1 is 0.931 bits per heavy atom. The fourth-order valence-electron chi connectivity index (χ4n) is 3.18. The third kappa shape index (κ3) is 3.84. The molecule has 1 aromatic heterocycles. The van der Waals surface area contributed by atoms with Crippen LogP contribution in [0.3, 0.4) is 0 Å². The Bertz CT molecular complexity index is 1230. The number of benzene rings is 3. The van der Waals surface area contributed by atoms with Crippen molar-refractivity contribution in [1.29, 1.82) is 0 Å². The van der Waals surface area contributed by atoms with Crippen LogP contribution in [0.15, 0.2) is 79.0 Å². The van der Waals surface area contributed by atoms with Gasteiger partial charge in [0, 0.05) is 22.8 Å². The Morgan fingerprint density at radius 3 is 2.45 bits per heavy atom. The first-order chi connectivity index (χ1) is 14.0. The standard InChI is InChI=1S/C24H18N2O3/c1-15-6-8-16(9-7-15)20-4-2-3-5-21(20)23(27)26-19-11-10-17-12-18(24(28)29)14-25-22(17)13-19/h2-14H,1H3,(H,26,27)(H,28,29). The molecule has 2 N–H and O–H groups in total. The summed E-state index contributed by atoms with van der Waals surface area (Å²) in [7, 11) is 0. The zero-order valence-corrected chi connectivity index (χ0v) is 15.7. The molecule has 29 heavy (non-hydrogen) atoms. The maximum absolute atomic E-state index is 12.9. The zero-order chi connectivity index (χ0) is 20.4. The van der Waals surface area contributed by atoms with Gasteiger partial charge < -0.3 is 10.4 Å². The average molecular weight is 382 g/mol. The molecule has 1 heterocycles. The fourth-order valence-corrected chi connectivity index (χ4v) is 3.18. The number of fused-ring (bicyclic) bond motifs is 1. The maximum Gasteiger partial charge on any atom is 0.337 e. The second kappa shape index (κ2) is 7.56. The smallest absolute Gasteiger partial charge is 0.337 e. The molecule has 4 rings (SSSR count). The first kappa shape index (κ1) is 18.4. The van der Waals surface area contributed by atoms with Crippen molar-refractivity contribution in [3.63, 3.8) is 0 Å². The van der Waals surface area contributed by atoms with Gasteiger partial charge in [-0.15, -0.1) is 0 Å². The van der Waals surface area contributed by atoms with Gasteiger partial charge in [-0.2, -0.15) is 0 Å². The zero-order valence-electron chi connectivity index (χ0n) is 15.7. The molecule has 3 aromatic carbocycles. The highest BCUT2D eigenvalue weighted by Gasteiger charge is 2.13. The molecule has 0 radical (unpaired) electrons. The van der Waals surface area contributed by atoms with Gasteiger partial charge in [0.1, 0.15) is 0 Å². The normalized spacial score (nSPS) is 10.7. The topological polar surface area (TPSA) is 79.3 Å². The highest BCUT2D eigenvalue weighted by atomic mass is 16.4. The van der Waals surface area contributed by atoms with Gasteiger partial charge in [-0.05, 0) is 42.3 Å². The number of pyridine rings is 1. The maximum atomic E-state index is 12.9. The lowest BCUT2D eigenvalue weighted by Gasteiger charge is -2.11. The number of amides is 1. The Kier molecular flexibility index (Phi) is 4.79. The minimum absolute atomic E-state index is 0.126. The number of nitrogens with zero attached hydrogens (tertiary/aromatic N) is 1. The molecule has 1 amide bonds. The SMILES string of the molecule is Cc1ccc(-c2ccccc2C(=O)Nc2ccc3cc(C(=O)O)cnc3c2)cc1. The van der Waals surface area contributed by atoms with Crippen LogP contribution in [0.4, 0.5) is 5.69 Å². The number of aromatic nitrogens is 1. The number of aromatic carboxylic acids is 1. The van der Waals surface area contributed by atoms with Gasteiger partial charge in [0.15, 0.2) is 0 Å². The van der Waals surface area contributed by atoms with E-state index in [1.54, 1.807) is 30.3 Å². The van der Waals surface area contributed by atoms with E-state index in [9.17, 15) is 9.59 Å². The molecule has 142 valence electrons. The molecule has 0 bridgehead atoms. The van der Waals surface area contributed by atoms with Gasteiger partial charge >= 0.3 is 5.97 Å². The van der Waals surface area contributed by atoms with E-state index >= 15 is 0 Å². The van der Waals surface area contributed by atoms with Gasteiger partial charge in [-0.1, -0.05) is 54.1 Å². The van der Waals surface area contributed by atoms with Crippen molar-refractivity contribution < 1.29 is 14.7 Å². The molecule has 0 aliphatic heterocycles. The lowest BCUT2D eigenvalue weighted by molar-refractivity contribution is 0.0696. The highest BCUT2D eigenvalue weighted by Crippen LogP contribution is 2.26. The number of carbonyl (C=O) groups excluding carboxylic acids is 1. The lowest BCUT2D eigenvalue weighted by atomic mass is 9.98. The predicted molar refractivity (Wildman–Crippen MR) is 113 cm³/mol. The van der Waals surface area contributed by atoms with Crippen molar-refractivity contribution >= 4 is 28.5 Å². The number of anilines is 1. The molecule has 0 aliphatic rings. The Morgan fingerprint density at radius 2 is 1.69 bits per heavy atom. The minimum Gasteiger partial charge on any atom is -0.478 e. The highest BCUT2D eigenvalue weighted by molar-refractivity contribution is 6.09. The number of hydrogen-bond acceptors (Lipinski definition) is 3. The number of carboxylic acid groups (broad SMARTS) is 1. The van der Waals surface area contributed by atoms with Crippen LogP contribution in [0.2, 0.25) is 0 Å². The van der Waals surface area contributed by atoms with E-state index < -0.39 is 5.97 Å². The number of rotatable bonds is 4. The van der Waals surface area contributed by atoms with E-state index in [2.05, 4.69) is 10.3 Å². The van der Waals surface area contributed by atoms with E-state index in [-0.39, 0.29) is 11.5 Å². The van der Waals surface area contributed by atoms with Crippen LogP contribution in [0.25, 0.3) is 22.0 Å². The van der Waals surface area contributed by atoms with Gasteiger partial charge in [-0.3, -0.25) is 9.78 Å². The third-order valence-corrected chi connectivity index (χ3v) is 4.72. The van der Waals surface area contributed by atoms with E-state index in [1.165, 1.54) is 6.20 Å². The summed E-state index contributed by atoms with van der Waals surface area (Å²) in [4.78, 5) is 28.2. The summed E-state index contributed by atoms with van der Waals surface area (Å²) in [5.74, 6) is -1.24. The van der Waals surface area contributed by atoms with Crippen molar-refractivity contribution in [3.8, 4) is 11.1 Å². The molecule has 5 heteroatoms. The molecule has 0 unspecified atom stereocenters. The number of hydrogen-bond donors (Lipinski definition) is 2. The molecule has 0 saturated heterocycles. The summed E-state index contributed by atoms with van der Waals surface area (Å²) >= 11 is 0. The summed E-state index contributed by atoms with van der Waals surface area (Å²) in [5, 5.41) is 12.7. The fraction of sp³-hybridized carbons (Fsp3) is 0.0417. The van der Waals surface area contributed by atoms with Crippen LogP contribution >= 0.6 is 0 Å². The predicted octanol–water partition coefficient (Wildman–Crippen LogP) is 5.16. The van der Waals surface area contributed by atoms with E-state index in [1.807, 2.05) is 49.4 Å². The number of carboxylic acids is 1. The van der Waals surface area contributed by atoms with Crippen molar-refractivity contribution in [2.24, 2.45) is 0 Å². The largest absolute Gasteiger partial charge is 0.478 e. The Hall–Kier alpha value is -3.99. The van der Waals surface area contributed by atoms with Gasteiger partial charge in [0.2, 0.25) is 0 Å². The first-order valence-electron chi connectivity index (χ1n) is 9.12. The lowest BCUT2D eigenvalue weighted by Crippen LogP contribution is -2.13. The van der Waals surface area contributed by atoms with Crippen molar-refractivity contribution in [1.82, 2.24) is 4.98 Å². The van der Waals surface area contributed by atoms with Crippen molar-refractivity contribution in [3.05, 3.63) is 95.7 Å². The molecule has 5 nitrogen and oxygen atoms in total. The number of carbonyl (C=O) groups is 2. The van der Waals surface area contributed by atoms with E-state index in [0.29, 0.717) is 22.2 Å². The van der Waals surface area contributed by atoms with Crippen LogP contribution in [-0.2, 0) is 0 Å². The van der Waals surface area contributed by atoms with Gasteiger partial charge in [0.25, 0.3) is 5.91 Å². The quantitative estimate of drug-likeness (QED) is 0.511.